The summed E-state index contributed by atoms with van der Waals surface area (Å²) in [5, 5.41) is 0. The van der Waals surface area contributed by atoms with Crippen molar-refractivity contribution in [3.8, 4) is 0 Å². The molecule has 1 aromatic carbocycles. The number of rotatable bonds is 3. The van der Waals surface area contributed by atoms with E-state index >= 15 is 0 Å². The number of amides is 1. The van der Waals surface area contributed by atoms with Crippen LogP contribution >= 0.6 is 0 Å². The highest BCUT2D eigenvalue weighted by Gasteiger charge is 2.49. The SMILES string of the molecule is CC(=O)N1CC2CC1CN2S(=O)(=O)c1ccc(CN)cc1. The molecular formula is C14H19N3O3S. The first-order chi connectivity index (χ1) is 9.93. The Balaban J connectivity index is 1.83. The van der Waals surface area contributed by atoms with E-state index in [1.54, 1.807) is 29.2 Å². The smallest absolute Gasteiger partial charge is 0.243 e. The number of fused-ring (bicyclic) bond motifs is 2. The van der Waals surface area contributed by atoms with Crippen LogP contribution in [0.5, 0.6) is 0 Å². The Hall–Kier alpha value is -1.44. The summed E-state index contributed by atoms with van der Waals surface area (Å²) in [4.78, 5) is 13.5. The lowest BCUT2D eigenvalue weighted by molar-refractivity contribution is -0.130. The number of sulfonamides is 1. The van der Waals surface area contributed by atoms with Gasteiger partial charge in [0.15, 0.2) is 0 Å². The molecule has 2 saturated heterocycles. The van der Waals surface area contributed by atoms with E-state index in [2.05, 4.69) is 0 Å². The van der Waals surface area contributed by atoms with Gasteiger partial charge in [0.25, 0.3) is 0 Å². The minimum atomic E-state index is -3.49. The summed E-state index contributed by atoms with van der Waals surface area (Å²) in [5.74, 6) is 0.0202. The molecule has 2 fully saturated rings. The lowest BCUT2D eigenvalue weighted by Crippen LogP contribution is -2.49. The van der Waals surface area contributed by atoms with E-state index in [0.29, 0.717) is 24.5 Å². The van der Waals surface area contributed by atoms with Crippen LogP contribution in [0.15, 0.2) is 29.2 Å². The lowest BCUT2D eigenvalue weighted by atomic mass is 10.2. The fraction of sp³-hybridized carbons (Fsp3) is 0.500. The van der Waals surface area contributed by atoms with Crippen LogP contribution in [0.25, 0.3) is 0 Å². The molecule has 0 radical (unpaired) electrons. The minimum absolute atomic E-state index is 0.0191. The van der Waals surface area contributed by atoms with Gasteiger partial charge in [-0.15, -0.1) is 0 Å². The second-order valence-electron chi connectivity index (χ2n) is 5.64. The summed E-state index contributed by atoms with van der Waals surface area (Å²) in [6.07, 6.45) is 0.736. The lowest BCUT2D eigenvalue weighted by Gasteiger charge is -2.32. The van der Waals surface area contributed by atoms with E-state index in [0.717, 1.165) is 12.0 Å². The molecule has 1 amide bonds. The molecule has 7 heteroatoms. The van der Waals surface area contributed by atoms with Crippen molar-refractivity contribution in [1.29, 1.82) is 0 Å². The molecule has 3 rings (SSSR count). The Morgan fingerprint density at radius 2 is 1.90 bits per heavy atom. The number of nitrogens with two attached hydrogens (primary N) is 1. The van der Waals surface area contributed by atoms with Gasteiger partial charge < -0.3 is 10.6 Å². The Labute approximate surface area is 124 Å². The van der Waals surface area contributed by atoms with Gasteiger partial charge in [0, 0.05) is 38.6 Å². The maximum Gasteiger partial charge on any atom is 0.243 e. The van der Waals surface area contributed by atoms with Crippen molar-refractivity contribution >= 4 is 15.9 Å². The Morgan fingerprint density at radius 3 is 2.38 bits per heavy atom. The van der Waals surface area contributed by atoms with E-state index in [1.165, 1.54) is 11.2 Å². The Morgan fingerprint density at radius 1 is 1.24 bits per heavy atom. The van der Waals surface area contributed by atoms with Gasteiger partial charge >= 0.3 is 0 Å². The zero-order valence-corrected chi connectivity index (χ0v) is 12.7. The zero-order valence-electron chi connectivity index (χ0n) is 11.9. The maximum absolute atomic E-state index is 12.7. The van der Waals surface area contributed by atoms with Crippen molar-refractivity contribution < 1.29 is 13.2 Å². The van der Waals surface area contributed by atoms with E-state index in [1.807, 2.05) is 0 Å². The predicted octanol–water partition coefficient (Wildman–Crippen LogP) is 0.139. The number of hydrogen-bond donors (Lipinski definition) is 1. The van der Waals surface area contributed by atoms with Crippen LogP contribution in [-0.4, -0.2) is 48.7 Å². The number of likely N-dealkylation sites (tertiary alicyclic amines) is 1. The zero-order chi connectivity index (χ0) is 15.2. The summed E-state index contributed by atoms with van der Waals surface area (Å²) < 4.78 is 26.9. The van der Waals surface area contributed by atoms with Gasteiger partial charge in [-0.1, -0.05) is 12.1 Å². The third-order valence-electron chi connectivity index (χ3n) is 4.36. The van der Waals surface area contributed by atoms with E-state index in [4.69, 9.17) is 5.73 Å². The number of carbonyl (C=O) groups is 1. The first kappa shape index (κ1) is 14.5. The van der Waals surface area contributed by atoms with Crippen molar-refractivity contribution in [2.24, 2.45) is 5.73 Å². The summed E-state index contributed by atoms with van der Waals surface area (Å²) in [7, 11) is -3.49. The number of carbonyl (C=O) groups excluding carboxylic acids is 1. The molecule has 0 aromatic heterocycles. The first-order valence-corrected chi connectivity index (χ1v) is 8.45. The topological polar surface area (TPSA) is 83.7 Å². The molecule has 2 aliphatic heterocycles. The minimum Gasteiger partial charge on any atom is -0.337 e. The second-order valence-corrected chi connectivity index (χ2v) is 7.53. The van der Waals surface area contributed by atoms with Gasteiger partial charge in [-0.05, 0) is 24.1 Å². The van der Waals surface area contributed by atoms with Gasteiger partial charge in [-0.2, -0.15) is 4.31 Å². The number of benzene rings is 1. The Bertz CT molecular complexity index is 657. The third-order valence-corrected chi connectivity index (χ3v) is 6.29. The summed E-state index contributed by atoms with van der Waals surface area (Å²) in [6.45, 7) is 2.82. The van der Waals surface area contributed by atoms with Crippen LogP contribution in [-0.2, 0) is 21.4 Å². The van der Waals surface area contributed by atoms with Crippen molar-refractivity contribution in [1.82, 2.24) is 9.21 Å². The fourth-order valence-electron chi connectivity index (χ4n) is 3.24. The fourth-order valence-corrected chi connectivity index (χ4v) is 4.91. The summed E-state index contributed by atoms with van der Waals surface area (Å²) >= 11 is 0. The van der Waals surface area contributed by atoms with Crippen LogP contribution in [0.4, 0.5) is 0 Å². The molecule has 0 aliphatic carbocycles. The maximum atomic E-state index is 12.7. The summed E-state index contributed by atoms with van der Waals surface area (Å²) in [6, 6.07) is 6.61. The van der Waals surface area contributed by atoms with Crippen molar-refractivity contribution in [3.05, 3.63) is 29.8 Å². The molecule has 1 aromatic rings. The van der Waals surface area contributed by atoms with Crippen LogP contribution in [0.1, 0.15) is 18.9 Å². The largest absolute Gasteiger partial charge is 0.337 e. The predicted molar refractivity (Wildman–Crippen MR) is 77.8 cm³/mol. The molecule has 0 saturated carbocycles. The third kappa shape index (κ3) is 2.35. The van der Waals surface area contributed by atoms with Crippen LogP contribution in [0, 0.1) is 0 Å². The van der Waals surface area contributed by atoms with E-state index in [-0.39, 0.29) is 18.0 Å². The molecule has 2 unspecified atom stereocenters. The molecular weight excluding hydrogens is 290 g/mol. The number of hydrogen-bond acceptors (Lipinski definition) is 4. The molecule has 2 atom stereocenters. The normalized spacial score (nSPS) is 25.5. The first-order valence-electron chi connectivity index (χ1n) is 7.01. The van der Waals surface area contributed by atoms with Crippen molar-refractivity contribution in [2.75, 3.05) is 13.1 Å². The molecule has 0 spiro atoms. The molecule has 21 heavy (non-hydrogen) atoms. The molecule has 2 aliphatic rings. The quantitative estimate of drug-likeness (QED) is 0.861. The molecule has 2 N–H and O–H groups in total. The van der Waals surface area contributed by atoms with Crippen molar-refractivity contribution in [2.45, 2.75) is 36.9 Å². The molecule has 2 heterocycles. The summed E-state index contributed by atoms with van der Waals surface area (Å²) in [5.41, 5.74) is 6.43. The van der Waals surface area contributed by atoms with Crippen LogP contribution in [0.2, 0.25) is 0 Å². The monoisotopic (exact) mass is 309 g/mol. The highest BCUT2D eigenvalue weighted by Crippen LogP contribution is 2.34. The van der Waals surface area contributed by atoms with Gasteiger partial charge in [0.2, 0.25) is 15.9 Å². The van der Waals surface area contributed by atoms with Gasteiger partial charge in [-0.3, -0.25) is 4.79 Å². The highest BCUT2D eigenvalue weighted by molar-refractivity contribution is 7.89. The Kier molecular flexibility index (Phi) is 3.51. The van der Waals surface area contributed by atoms with E-state index in [9.17, 15) is 13.2 Å². The van der Waals surface area contributed by atoms with Gasteiger partial charge in [0.05, 0.1) is 4.90 Å². The average molecular weight is 309 g/mol. The van der Waals surface area contributed by atoms with E-state index < -0.39 is 10.0 Å². The number of piperazine rings is 1. The van der Waals surface area contributed by atoms with Crippen molar-refractivity contribution in [3.63, 3.8) is 0 Å². The molecule has 2 bridgehead atoms. The highest BCUT2D eigenvalue weighted by atomic mass is 32.2. The molecule has 114 valence electrons. The molecule has 6 nitrogen and oxygen atoms in total. The standard InChI is InChI=1S/C14H19N3O3S/c1-10(18)16-8-13-6-12(16)9-17(13)21(19,20)14-4-2-11(7-15)3-5-14/h2-5,12-13H,6-9,15H2,1H3. The van der Waals surface area contributed by atoms with Crippen LogP contribution in [0.3, 0.4) is 0 Å². The number of nitrogens with zero attached hydrogens (tertiary/aromatic N) is 2. The average Bonchev–Trinajstić information content (AvgIpc) is 3.07. The van der Waals surface area contributed by atoms with Crippen LogP contribution < -0.4 is 5.73 Å². The van der Waals surface area contributed by atoms with Gasteiger partial charge in [0.1, 0.15) is 0 Å². The van der Waals surface area contributed by atoms with Gasteiger partial charge in [-0.25, -0.2) is 8.42 Å². The second kappa shape index (κ2) is 5.08.